The molecule has 0 atom stereocenters. The van der Waals surface area contributed by atoms with Crippen LogP contribution in [0.4, 0.5) is 0 Å². The van der Waals surface area contributed by atoms with Crippen molar-refractivity contribution in [3.63, 3.8) is 0 Å². The lowest BCUT2D eigenvalue weighted by atomic mass is 10.2. The van der Waals surface area contributed by atoms with Gasteiger partial charge in [0.2, 0.25) is 5.91 Å². The number of carbonyl (C=O) groups is 1. The lowest BCUT2D eigenvalue weighted by Gasteiger charge is -2.02. The molecule has 2 aromatic rings. The first-order valence-electron chi connectivity index (χ1n) is 6.44. The molecule has 0 fully saturated rings. The molecule has 5 nitrogen and oxygen atoms in total. The van der Waals surface area contributed by atoms with Gasteiger partial charge in [0.1, 0.15) is 5.75 Å². The fourth-order valence-corrected chi connectivity index (χ4v) is 1.64. The van der Waals surface area contributed by atoms with E-state index in [4.69, 9.17) is 4.74 Å². The fourth-order valence-electron chi connectivity index (χ4n) is 1.64. The number of nitrogens with zero attached hydrogens (tertiary/aromatic N) is 1. The normalized spacial score (nSPS) is 10.7. The third-order valence-electron chi connectivity index (χ3n) is 2.63. The molecule has 0 bridgehead atoms. The molecule has 0 spiro atoms. The van der Waals surface area contributed by atoms with E-state index in [1.807, 2.05) is 31.2 Å². The minimum atomic E-state index is -0.145. The Hall–Kier alpha value is -2.56. The van der Waals surface area contributed by atoms with Gasteiger partial charge in [-0.15, -0.1) is 0 Å². The largest absolute Gasteiger partial charge is 0.494 e. The molecule has 0 aliphatic carbocycles. The predicted octanol–water partition coefficient (Wildman–Crippen LogP) is 2.14. The summed E-state index contributed by atoms with van der Waals surface area (Å²) < 4.78 is 5.35. The van der Waals surface area contributed by atoms with E-state index in [0.29, 0.717) is 13.2 Å². The Labute approximate surface area is 117 Å². The zero-order valence-electron chi connectivity index (χ0n) is 11.3. The molecule has 0 radical (unpaired) electrons. The first-order valence-corrected chi connectivity index (χ1v) is 6.44. The van der Waals surface area contributed by atoms with Crippen LogP contribution in [0, 0.1) is 0 Å². The highest BCUT2D eigenvalue weighted by Gasteiger charge is 1.97. The van der Waals surface area contributed by atoms with Crippen molar-refractivity contribution in [3.05, 3.63) is 54.1 Å². The van der Waals surface area contributed by atoms with E-state index >= 15 is 0 Å². The summed E-state index contributed by atoms with van der Waals surface area (Å²) in [5.74, 6) is 0.682. The van der Waals surface area contributed by atoms with Crippen molar-refractivity contribution in [1.29, 1.82) is 0 Å². The summed E-state index contributed by atoms with van der Waals surface area (Å²) in [6, 6.07) is 7.57. The van der Waals surface area contributed by atoms with Crippen molar-refractivity contribution in [1.82, 2.24) is 15.3 Å². The maximum Gasteiger partial charge on any atom is 0.244 e. The topological polar surface area (TPSA) is 67.0 Å². The van der Waals surface area contributed by atoms with Crippen molar-refractivity contribution in [2.45, 2.75) is 13.5 Å². The van der Waals surface area contributed by atoms with E-state index in [9.17, 15) is 4.79 Å². The van der Waals surface area contributed by atoms with E-state index < -0.39 is 0 Å². The predicted molar refractivity (Wildman–Crippen MR) is 77.1 cm³/mol. The Morgan fingerprint density at radius 3 is 2.85 bits per heavy atom. The summed E-state index contributed by atoms with van der Waals surface area (Å²) in [5, 5.41) is 2.77. The molecule has 1 aromatic heterocycles. The van der Waals surface area contributed by atoms with Crippen molar-refractivity contribution in [2.24, 2.45) is 0 Å². The summed E-state index contributed by atoms with van der Waals surface area (Å²) in [6.07, 6.45) is 6.53. The molecule has 0 saturated carbocycles. The van der Waals surface area contributed by atoms with Crippen LogP contribution in [0.1, 0.15) is 18.2 Å². The van der Waals surface area contributed by atoms with Crippen LogP contribution >= 0.6 is 0 Å². The molecule has 0 saturated heterocycles. The molecule has 1 amide bonds. The molecule has 0 unspecified atom stereocenters. The first-order chi connectivity index (χ1) is 9.78. The number of H-pyrrole nitrogens is 1. The number of nitrogens with one attached hydrogen (secondary N) is 2. The highest BCUT2D eigenvalue weighted by molar-refractivity contribution is 5.91. The Kier molecular flexibility index (Phi) is 4.94. The Balaban J connectivity index is 1.83. The standard InChI is InChI=1S/C15H17N3O2/c1-2-20-14-6-3-12(4-7-14)5-8-15(19)17-10-13-9-16-11-18-13/h3-9,11H,2,10H2,1H3,(H,16,18)(H,17,19). The Morgan fingerprint density at radius 1 is 1.40 bits per heavy atom. The number of rotatable bonds is 6. The van der Waals surface area contributed by atoms with Gasteiger partial charge in [0, 0.05) is 12.3 Å². The second kappa shape index (κ2) is 7.13. The summed E-state index contributed by atoms with van der Waals surface area (Å²) in [7, 11) is 0. The van der Waals surface area contributed by atoms with Gasteiger partial charge in [-0.05, 0) is 30.7 Å². The lowest BCUT2D eigenvalue weighted by molar-refractivity contribution is -0.116. The SMILES string of the molecule is CCOc1ccc(C=CC(=O)NCc2cnc[nH]2)cc1. The van der Waals surface area contributed by atoms with Crippen LogP contribution in [-0.4, -0.2) is 22.5 Å². The van der Waals surface area contributed by atoms with Gasteiger partial charge >= 0.3 is 0 Å². The monoisotopic (exact) mass is 271 g/mol. The zero-order chi connectivity index (χ0) is 14.2. The minimum absolute atomic E-state index is 0.145. The third-order valence-corrected chi connectivity index (χ3v) is 2.63. The summed E-state index contributed by atoms with van der Waals surface area (Å²) >= 11 is 0. The van der Waals surface area contributed by atoms with Crippen LogP contribution in [-0.2, 0) is 11.3 Å². The van der Waals surface area contributed by atoms with Gasteiger partial charge in [-0.25, -0.2) is 4.98 Å². The van der Waals surface area contributed by atoms with Crippen LogP contribution in [0.25, 0.3) is 6.08 Å². The number of hydrogen-bond donors (Lipinski definition) is 2. The van der Waals surface area contributed by atoms with E-state index in [2.05, 4.69) is 15.3 Å². The number of benzene rings is 1. The molecular weight excluding hydrogens is 254 g/mol. The average Bonchev–Trinajstić information content (AvgIpc) is 2.98. The number of hydrogen-bond acceptors (Lipinski definition) is 3. The van der Waals surface area contributed by atoms with Crippen molar-refractivity contribution >= 4 is 12.0 Å². The second-order valence-electron chi connectivity index (χ2n) is 4.13. The summed E-state index contributed by atoms with van der Waals surface area (Å²) in [5.41, 5.74) is 1.82. The molecule has 20 heavy (non-hydrogen) atoms. The van der Waals surface area contributed by atoms with Crippen LogP contribution in [0.3, 0.4) is 0 Å². The number of amides is 1. The molecule has 0 aliphatic heterocycles. The van der Waals surface area contributed by atoms with E-state index in [-0.39, 0.29) is 5.91 Å². The van der Waals surface area contributed by atoms with Crippen LogP contribution in [0.2, 0.25) is 0 Å². The number of aromatic amines is 1. The van der Waals surface area contributed by atoms with Crippen LogP contribution < -0.4 is 10.1 Å². The number of aromatic nitrogens is 2. The summed E-state index contributed by atoms with van der Waals surface area (Å²) in [4.78, 5) is 18.4. The first kappa shape index (κ1) is 13.9. The van der Waals surface area contributed by atoms with Gasteiger partial charge in [0.05, 0.1) is 25.2 Å². The Bertz CT molecular complexity index is 559. The number of imidazole rings is 1. The highest BCUT2D eigenvalue weighted by atomic mass is 16.5. The van der Waals surface area contributed by atoms with Crippen molar-refractivity contribution in [2.75, 3.05) is 6.61 Å². The molecule has 104 valence electrons. The fraction of sp³-hybridized carbons (Fsp3) is 0.200. The average molecular weight is 271 g/mol. The second-order valence-corrected chi connectivity index (χ2v) is 4.13. The maximum atomic E-state index is 11.6. The molecular formula is C15H17N3O2. The van der Waals surface area contributed by atoms with E-state index in [1.54, 1.807) is 18.6 Å². The van der Waals surface area contributed by atoms with Crippen molar-refractivity contribution < 1.29 is 9.53 Å². The quantitative estimate of drug-likeness (QED) is 0.791. The van der Waals surface area contributed by atoms with Gasteiger partial charge < -0.3 is 15.0 Å². The van der Waals surface area contributed by atoms with Gasteiger partial charge in [-0.1, -0.05) is 12.1 Å². The number of carbonyl (C=O) groups excluding carboxylic acids is 1. The van der Waals surface area contributed by atoms with Gasteiger partial charge in [-0.2, -0.15) is 0 Å². The molecule has 1 aromatic carbocycles. The third kappa shape index (κ3) is 4.28. The molecule has 5 heteroatoms. The van der Waals surface area contributed by atoms with E-state index in [1.165, 1.54) is 6.08 Å². The molecule has 1 heterocycles. The van der Waals surface area contributed by atoms with Crippen LogP contribution in [0.5, 0.6) is 5.75 Å². The molecule has 2 N–H and O–H groups in total. The smallest absolute Gasteiger partial charge is 0.244 e. The van der Waals surface area contributed by atoms with E-state index in [0.717, 1.165) is 17.0 Å². The van der Waals surface area contributed by atoms with Gasteiger partial charge in [-0.3, -0.25) is 4.79 Å². The van der Waals surface area contributed by atoms with Crippen LogP contribution in [0.15, 0.2) is 42.9 Å². The maximum absolute atomic E-state index is 11.6. The van der Waals surface area contributed by atoms with Gasteiger partial charge in [0.15, 0.2) is 0 Å². The van der Waals surface area contributed by atoms with Gasteiger partial charge in [0.25, 0.3) is 0 Å². The highest BCUT2D eigenvalue weighted by Crippen LogP contribution is 2.12. The zero-order valence-corrected chi connectivity index (χ0v) is 11.3. The number of ether oxygens (including phenoxy) is 1. The Morgan fingerprint density at radius 2 is 2.20 bits per heavy atom. The van der Waals surface area contributed by atoms with Crippen molar-refractivity contribution in [3.8, 4) is 5.75 Å². The molecule has 0 aliphatic rings. The summed E-state index contributed by atoms with van der Waals surface area (Å²) in [6.45, 7) is 3.02. The molecule has 2 rings (SSSR count). The lowest BCUT2D eigenvalue weighted by Crippen LogP contribution is -2.20. The minimum Gasteiger partial charge on any atom is -0.494 e.